The van der Waals surface area contributed by atoms with Gasteiger partial charge in [-0.2, -0.15) is 0 Å². The zero-order valence-electron chi connectivity index (χ0n) is 13.6. The molecule has 0 aromatic carbocycles. The Morgan fingerprint density at radius 3 is 2.29 bits per heavy atom. The minimum Gasteiger partial charge on any atom is -0.354 e. The monoisotopic (exact) mass is 296 g/mol. The predicted molar refractivity (Wildman–Crippen MR) is 86.0 cm³/mol. The maximum atomic E-state index is 11.8. The molecule has 0 aromatic rings. The molecule has 1 fully saturated rings. The minimum absolute atomic E-state index is 0.0967. The van der Waals surface area contributed by atoms with Crippen LogP contribution in [-0.4, -0.2) is 24.4 Å². The predicted octanol–water partition coefficient (Wildman–Crippen LogP) is 3.30. The summed E-state index contributed by atoms with van der Waals surface area (Å²) in [6.07, 6.45) is 13.4. The summed E-state index contributed by atoms with van der Waals surface area (Å²) in [6.45, 7) is 2.83. The van der Waals surface area contributed by atoms with Crippen molar-refractivity contribution in [3.05, 3.63) is 0 Å². The van der Waals surface area contributed by atoms with Crippen molar-refractivity contribution in [2.75, 3.05) is 6.54 Å². The van der Waals surface area contributed by atoms with Gasteiger partial charge in [-0.05, 0) is 12.8 Å². The fourth-order valence-electron chi connectivity index (χ4n) is 2.75. The van der Waals surface area contributed by atoms with Crippen molar-refractivity contribution >= 4 is 11.8 Å². The van der Waals surface area contributed by atoms with Gasteiger partial charge in [0.05, 0.1) is 0 Å². The zero-order chi connectivity index (χ0) is 15.3. The van der Waals surface area contributed by atoms with Gasteiger partial charge in [0.25, 0.3) is 0 Å². The van der Waals surface area contributed by atoms with Crippen molar-refractivity contribution in [3.63, 3.8) is 0 Å². The zero-order valence-corrected chi connectivity index (χ0v) is 13.6. The smallest absolute Gasteiger partial charge is 0.220 e. The molecule has 0 radical (unpaired) electrons. The van der Waals surface area contributed by atoms with Crippen molar-refractivity contribution in [1.29, 1.82) is 0 Å². The maximum absolute atomic E-state index is 11.8. The Balaban J connectivity index is 1.88. The van der Waals surface area contributed by atoms with Gasteiger partial charge in [0.2, 0.25) is 11.8 Å². The molecule has 1 unspecified atom stereocenters. The van der Waals surface area contributed by atoms with Gasteiger partial charge in [0.15, 0.2) is 0 Å². The van der Waals surface area contributed by atoms with Crippen molar-refractivity contribution in [2.45, 2.75) is 90.0 Å². The van der Waals surface area contributed by atoms with Crippen LogP contribution in [0.5, 0.6) is 0 Å². The quantitative estimate of drug-likeness (QED) is 0.575. The lowest BCUT2D eigenvalue weighted by Crippen LogP contribution is -2.47. The molecule has 1 saturated heterocycles. The first-order chi connectivity index (χ1) is 10.2. The van der Waals surface area contributed by atoms with E-state index in [9.17, 15) is 9.59 Å². The molecule has 21 heavy (non-hydrogen) atoms. The number of amides is 2. The van der Waals surface area contributed by atoms with Crippen LogP contribution in [0.3, 0.4) is 0 Å². The molecule has 2 amide bonds. The molecule has 1 atom stereocenters. The topological polar surface area (TPSA) is 58.2 Å². The molecular formula is C17H32N2O2. The first-order valence-corrected chi connectivity index (χ1v) is 8.78. The van der Waals surface area contributed by atoms with Gasteiger partial charge >= 0.3 is 0 Å². The van der Waals surface area contributed by atoms with Crippen LogP contribution < -0.4 is 10.6 Å². The Hall–Kier alpha value is -1.06. The van der Waals surface area contributed by atoms with E-state index in [-0.39, 0.29) is 17.9 Å². The summed E-state index contributed by atoms with van der Waals surface area (Å²) in [5.41, 5.74) is 0. The Bertz CT molecular complexity index is 295. The third kappa shape index (κ3) is 9.48. The summed E-state index contributed by atoms with van der Waals surface area (Å²) in [6, 6.07) is 0.133. The van der Waals surface area contributed by atoms with Crippen LogP contribution in [0.1, 0.15) is 84.0 Å². The highest BCUT2D eigenvalue weighted by Gasteiger charge is 2.18. The Kier molecular flexibility index (Phi) is 9.92. The molecule has 2 N–H and O–H groups in total. The highest BCUT2D eigenvalue weighted by atomic mass is 16.2. The van der Waals surface area contributed by atoms with E-state index in [1.165, 1.54) is 44.9 Å². The SMILES string of the molecule is CCCCCCCCCCCC(=O)NC1CCC(=O)NC1. The third-order valence-electron chi connectivity index (χ3n) is 4.14. The second kappa shape index (κ2) is 11.6. The molecule has 4 heteroatoms. The normalized spacial score (nSPS) is 18.3. The largest absolute Gasteiger partial charge is 0.354 e. The molecule has 0 saturated carbocycles. The van der Waals surface area contributed by atoms with Gasteiger partial charge in [-0.25, -0.2) is 0 Å². The van der Waals surface area contributed by atoms with Gasteiger partial charge < -0.3 is 10.6 Å². The molecule has 1 aliphatic rings. The van der Waals surface area contributed by atoms with E-state index in [1.54, 1.807) is 0 Å². The van der Waals surface area contributed by atoms with Crippen molar-refractivity contribution in [1.82, 2.24) is 10.6 Å². The highest BCUT2D eigenvalue weighted by molar-refractivity contribution is 5.78. The van der Waals surface area contributed by atoms with E-state index in [1.807, 2.05) is 0 Å². The van der Waals surface area contributed by atoms with Gasteiger partial charge in [-0.1, -0.05) is 58.3 Å². The fourth-order valence-corrected chi connectivity index (χ4v) is 2.75. The molecule has 0 spiro atoms. The molecule has 4 nitrogen and oxygen atoms in total. The van der Waals surface area contributed by atoms with E-state index in [2.05, 4.69) is 17.6 Å². The average Bonchev–Trinajstić information content (AvgIpc) is 2.48. The molecule has 122 valence electrons. The van der Waals surface area contributed by atoms with E-state index in [4.69, 9.17) is 0 Å². The molecular weight excluding hydrogens is 264 g/mol. The fraction of sp³-hybridized carbons (Fsp3) is 0.882. The van der Waals surface area contributed by atoms with Gasteiger partial charge in [0, 0.05) is 25.4 Å². The van der Waals surface area contributed by atoms with Crippen LogP contribution in [0.15, 0.2) is 0 Å². The number of nitrogens with one attached hydrogen (secondary N) is 2. The second-order valence-electron chi connectivity index (χ2n) is 6.19. The number of carbonyl (C=O) groups excluding carboxylic acids is 2. The molecule has 0 aliphatic carbocycles. The van der Waals surface area contributed by atoms with Crippen LogP contribution >= 0.6 is 0 Å². The minimum atomic E-state index is 0.0967. The van der Waals surface area contributed by atoms with Crippen LogP contribution in [0.2, 0.25) is 0 Å². The Morgan fingerprint density at radius 2 is 1.71 bits per heavy atom. The first kappa shape index (κ1) is 18.0. The maximum Gasteiger partial charge on any atom is 0.220 e. The van der Waals surface area contributed by atoms with E-state index >= 15 is 0 Å². The number of rotatable bonds is 11. The van der Waals surface area contributed by atoms with Gasteiger partial charge in [0.1, 0.15) is 0 Å². The number of piperidine rings is 1. The van der Waals surface area contributed by atoms with Crippen LogP contribution in [0, 0.1) is 0 Å². The van der Waals surface area contributed by atoms with Crippen molar-refractivity contribution < 1.29 is 9.59 Å². The summed E-state index contributed by atoms with van der Waals surface area (Å²) in [4.78, 5) is 22.8. The lowest BCUT2D eigenvalue weighted by Gasteiger charge is -2.23. The molecule has 0 bridgehead atoms. The van der Waals surface area contributed by atoms with Crippen molar-refractivity contribution in [2.24, 2.45) is 0 Å². The van der Waals surface area contributed by atoms with Crippen LogP contribution in [0.25, 0.3) is 0 Å². The molecule has 1 aliphatic heterocycles. The highest BCUT2D eigenvalue weighted by Crippen LogP contribution is 2.10. The van der Waals surface area contributed by atoms with E-state index in [0.717, 1.165) is 19.3 Å². The number of unbranched alkanes of at least 4 members (excludes halogenated alkanes) is 8. The third-order valence-corrected chi connectivity index (χ3v) is 4.14. The molecule has 1 heterocycles. The van der Waals surface area contributed by atoms with Crippen LogP contribution in [-0.2, 0) is 9.59 Å². The molecule has 1 rings (SSSR count). The summed E-state index contributed by atoms with van der Waals surface area (Å²) in [5.74, 6) is 0.235. The second-order valence-corrected chi connectivity index (χ2v) is 6.19. The lowest BCUT2D eigenvalue weighted by molar-refractivity contribution is -0.125. The summed E-state index contributed by atoms with van der Waals surface area (Å²) in [7, 11) is 0. The first-order valence-electron chi connectivity index (χ1n) is 8.78. The molecule has 0 aromatic heterocycles. The Labute approximate surface area is 129 Å². The number of hydrogen-bond donors (Lipinski definition) is 2. The number of hydrogen-bond acceptors (Lipinski definition) is 2. The van der Waals surface area contributed by atoms with Gasteiger partial charge in [-0.3, -0.25) is 9.59 Å². The van der Waals surface area contributed by atoms with Crippen LogP contribution in [0.4, 0.5) is 0 Å². The summed E-state index contributed by atoms with van der Waals surface area (Å²) in [5, 5.41) is 5.80. The summed E-state index contributed by atoms with van der Waals surface area (Å²) < 4.78 is 0. The van der Waals surface area contributed by atoms with E-state index in [0.29, 0.717) is 19.4 Å². The Morgan fingerprint density at radius 1 is 1.10 bits per heavy atom. The van der Waals surface area contributed by atoms with E-state index < -0.39 is 0 Å². The average molecular weight is 296 g/mol. The lowest BCUT2D eigenvalue weighted by atomic mass is 10.1. The summed E-state index contributed by atoms with van der Waals surface area (Å²) >= 11 is 0. The standard InChI is InChI=1S/C17H32N2O2/c1-2-3-4-5-6-7-8-9-10-11-17(21)19-15-12-13-16(20)18-14-15/h15H,2-14H2,1H3,(H,18,20)(H,19,21). The van der Waals surface area contributed by atoms with Gasteiger partial charge in [-0.15, -0.1) is 0 Å². The number of carbonyl (C=O) groups is 2. The van der Waals surface area contributed by atoms with Crippen molar-refractivity contribution in [3.8, 4) is 0 Å².